The smallest absolute Gasteiger partial charge is 0.239 e. The average Bonchev–Trinajstić information content (AvgIpc) is 4.01. The van der Waals surface area contributed by atoms with Crippen LogP contribution in [0.2, 0.25) is 0 Å². The molecule has 2 fully saturated rings. The van der Waals surface area contributed by atoms with E-state index in [-0.39, 0.29) is 55.3 Å². The van der Waals surface area contributed by atoms with Crippen molar-refractivity contribution in [3.8, 4) is 17.2 Å². The molecular weight excluding hydrogens is 660 g/mol. The average molecular weight is 715 g/mol. The summed E-state index contributed by atoms with van der Waals surface area (Å²) >= 11 is 0. The number of benzene rings is 2. The maximum atomic E-state index is 14.2. The fraction of sp³-hybridized carbons (Fsp3) is 0.548. The molecule has 10 heteroatoms. The zero-order chi connectivity index (χ0) is 36.7. The number of unbranched alkanes of at least 4 members (excludes halogenated alkanes) is 2. The van der Waals surface area contributed by atoms with Crippen LogP contribution in [0.1, 0.15) is 93.0 Å². The number of carbonyl (C=O) groups excluding carboxylic acids is 2. The van der Waals surface area contributed by atoms with Crippen LogP contribution in [0, 0.1) is 23.7 Å². The van der Waals surface area contributed by atoms with Gasteiger partial charge in [0.15, 0.2) is 0 Å². The van der Waals surface area contributed by atoms with Gasteiger partial charge in [0, 0.05) is 49.1 Å². The summed E-state index contributed by atoms with van der Waals surface area (Å²) in [7, 11) is 1.56. The summed E-state index contributed by atoms with van der Waals surface area (Å²) in [5.41, 5.74) is 3.29. The fourth-order valence-corrected chi connectivity index (χ4v) is 8.83. The minimum absolute atomic E-state index is 0.000321. The molecule has 2 aromatic carbocycles. The molecule has 1 heterocycles. The predicted molar refractivity (Wildman–Crippen MR) is 199 cm³/mol. The number of oxime groups is 1. The summed E-state index contributed by atoms with van der Waals surface area (Å²) in [6.07, 6.45) is 12.6. The summed E-state index contributed by atoms with van der Waals surface area (Å²) in [6, 6.07) is 12.4. The van der Waals surface area contributed by atoms with Gasteiger partial charge in [-0.25, -0.2) is 0 Å². The molecule has 2 saturated carbocycles. The van der Waals surface area contributed by atoms with Crippen LogP contribution in [0.15, 0.2) is 71.9 Å². The number of amides is 1. The lowest BCUT2D eigenvalue weighted by Crippen LogP contribution is -2.70. The Morgan fingerprint density at radius 2 is 1.85 bits per heavy atom. The van der Waals surface area contributed by atoms with Gasteiger partial charge >= 0.3 is 0 Å². The highest BCUT2D eigenvalue weighted by Crippen LogP contribution is 2.62. The molecule has 280 valence electrons. The molecule has 6 rings (SSSR count). The molecule has 10 nitrogen and oxygen atoms in total. The molecule has 2 N–H and O–H groups in total. The summed E-state index contributed by atoms with van der Waals surface area (Å²) < 4.78 is 20.6. The lowest BCUT2D eigenvalue weighted by molar-refractivity contribution is -0.257. The van der Waals surface area contributed by atoms with Gasteiger partial charge in [0.1, 0.15) is 36.7 Å². The quantitative estimate of drug-likeness (QED) is 0.0677. The maximum absolute atomic E-state index is 14.2. The highest BCUT2D eigenvalue weighted by molar-refractivity contribution is 6.03. The molecule has 0 bridgehead atoms. The lowest BCUT2D eigenvalue weighted by Gasteiger charge is -2.60. The van der Waals surface area contributed by atoms with Gasteiger partial charge in [-0.2, -0.15) is 0 Å². The number of allylic oxidation sites excluding steroid dienone is 1. The van der Waals surface area contributed by atoms with Gasteiger partial charge in [0.2, 0.25) is 11.7 Å². The molecular formula is C42H54N2O8. The van der Waals surface area contributed by atoms with Gasteiger partial charge in [-0.05, 0) is 92.7 Å². The van der Waals surface area contributed by atoms with Gasteiger partial charge in [-0.1, -0.05) is 49.2 Å². The Bertz CT molecular complexity index is 1640. The fourth-order valence-electron chi connectivity index (χ4n) is 8.83. The molecule has 0 aromatic heterocycles. The minimum Gasteiger partial charge on any atom is -0.459 e. The van der Waals surface area contributed by atoms with Crippen LogP contribution in [0.4, 0.5) is 0 Å². The van der Waals surface area contributed by atoms with Crippen molar-refractivity contribution in [3.63, 3.8) is 0 Å². The number of fused-ring (bicyclic) bond motifs is 2. The van der Waals surface area contributed by atoms with E-state index in [2.05, 4.69) is 24.7 Å². The Labute approximate surface area is 307 Å². The van der Waals surface area contributed by atoms with E-state index in [1.165, 1.54) is 0 Å². The van der Waals surface area contributed by atoms with Crippen LogP contribution in [0.25, 0.3) is 0 Å². The predicted octanol–water partition coefficient (Wildman–Crippen LogP) is 7.20. The Kier molecular flexibility index (Phi) is 12.5. The molecule has 4 aliphatic rings. The largest absolute Gasteiger partial charge is 0.459 e. The number of ether oxygens (including phenoxy) is 3. The van der Waals surface area contributed by atoms with Crippen molar-refractivity contribution < 1.29 is 38.9 Å². The Hall–Kier alpha value is -3.99. The van der Waals surface area contributed by atoms with Gasteiger partial charge in [-0.3, -0.25) is 9.59 Å². The molecule has 0 radical (unpaired) electrons. The Morgan fingerprint density at radius 3 is 2.54 bits per heavy atom. The molecule has 6 atom stereocenters. The van der Waals surface area contributed by atoms with Crippen molar-refractivity contribution >= 4 is 17.9 Å². The second kappa shape index (κ2) is 17.2. The van der Waals surface area contributed by atoms with E-state index < -0.39 is 11.8 Å². The normalized spacial score (nSPS) is 26.7. The van der Waals surface area contributed by atoms with Crippen LogP contribution in [-0.2, 0) is 14.4 Å². The van der Waals surface area contributed by atoms with Crippen LogP contribution in [0.3, 0.4) is 0 Å². The number of rotatable bonds is 19. The third kappa shape index (κ3) is 7.70. The highest BCUT2D eigenvalue weighted by atomic mass is 16.7. The first kappa shape index (κ1) is 37.8. The number of hydrogen-bond acceptors (Lipinski definition) is 9. The zero-order valence-corrected chi connectivity index (χ0v) is 30.6. The lowest BCUT2D eigenvalue weighted by atomic mass is 9.55. The number of hydrogen-bond donors (Lipinski definition) is 2. The zero-order valence-electron chi connectivity index (χ0n) is 30.6. The van der Waals surface area contributed by atoms with E-state index >= 15 is 0 Å². The van der Waals surface area contributed by atoms with Gasteiger partial charge in [-0.15, -0.1) is 6.58 Å². The van der Waals surface area contributed by atoms with Gasteiger partial charge in [0.25, 0.3) is 0 Å². The van der Waals surface area contributed by atoms with E-state index in [0.717, 1.165) is 68.1 Å². The number of aldehydes is 1. The molecule has 0 unspecified atom stereocenters. The van der Waals surface area contributed by atoms with Gasteiger partial charge in [0.05, 0.1) is 18.2 Å². The molecule has 1 amide bonds. The maximum Gasteiger partial charge on any atom is 0.239 e. The summed E-state index contributed by atoms with van der Waals surface area (Å²) in [4.78, 5) is 33.2. The van der Waals surface area contributed by atoms with Crippen molar-refractivity contribution in [1.82, 2.24) is 4.90 Å². The van der Waals surface area contributed by atoms with Gasteiger partial charge < -0.3 is 34.2 Å². The third-order valence-corrected chi connectivity index (χ3v) is 11.1. The number of aliphatic hydroxyl groups is 2. The molecule has 0 spiro atoms. The van der Waals surface area contributed by atoms with Crippen molar-refractivity contribution in [2.75, 3.05) is 33.5 Å². The molecule has 0 saturated heterocycles. The standard InChI is InChI=1S/C42H54N2O8/c1-4-19-44(41(48)29-15-16-29)38-26-36(43-49-3)34-24-30(12-6-8-20-45)33(14-7-9-21-46)39-35-25-32(51-31-13-10-11-28(23-31)27-47)17-18-37(35)52-42(38,40(34)39)50-22-5-2/h5,10-11,13,17-18,23-25,27,29-30,33,38-40,45-46H,2,4,6-9,12,14-16,19-22,26H2,1,3H3/t30-,33+,38-,39+,40+,42+/m0/s1. The van der Waals surface area contributed by atoms with Crippen molar-refractivity contribution in [3.05, 3.63) is 77.9 Å². The first-order valence-electron chi connectivity index (χ1n) is 19.1. The summed E-state index contributed by atoms with van der Waals surface area (Å²) in [5, 5.41) is 24.2. The third-order valence-electron chi connectivity index (χ3n) is 11.1. The second-order valence-corrected chi connectivity index (χ2v) is 14.6. The molecule has 2 aromatic rings. The first-order valence-corrected chi connectivity index (χ1v) is 19.1. The number of carbonyl (C=O) groups is 2. The molecule has 1 aliphatic heterocycles. The SMILES string of the molecule is C=CCO[C@@]12Oc3ccc(Oc4cccc(C=O)c4)cc3[C@H]3[C@H](CCCCO)[C@@H](CCCCO)C=C(C(=NOC)C[C@@H]1N(CCC)C(=O)C1CC1)[C@H]32. The van der Waals surface area contributed by atoms with Crippen molar-refractivity contribution in [2.45, 2.75) is 88.9 Å². The van der Waals surface area contributed by atoms with Crippen LogP contribution < -0.4 is 9.47 Å². The van der Waals surface area contributed by atoms with Crippen LogP contribution in [0.5, 0.6) is 17.2 Å². The number of nitrogens with zero attached hydrogens (tertiary/aromatic N) is 2. The van der Waals surface area contributed by atoms with E-state index in [0.29, 0.717) is 48.6 Å². The van der Waals surface area contributed by atoms with Crippen LogP contribution >= 0.6 is 0 Å². The highest BCUT2D eigenvalue weighted by Gasteiger charge is 2.65. The molecule has 3 aliphatic carbocycles. The first-order chi connectivity index (χ1) is 25.4. The number of aliphatic hydroxyl groups excluding tert-OH is 2. The summed E-state index contributed by atoms with van der Waals surface area (Å²) in [6.45, 7) is 7.11. The minimum atomic E-state index is -1.25. The monoisotopic (exact) mass is 714 g/mol. The van der Waals surface area contributed by atoms with E-state index in [4.69, 9.17) is 19.0 Å². The van der Waals surface area contributed by atoms with Crippen molar-refractivity contribution in [1.29, 1.82) is 0 Å². The topological polar surface area (TPSA) is 127 Å². The van der Waals surface area contributed by atoms with Crippen LogP contribution in [-0.4, -0.2) is 78.3 Å². The van der Waals surface area contributed by atoms with E-state index in [1.807, 2.05) is 29.2 Å². The summed E-state index contributed by atoms with van der Waals surface area (Å²) in [5.74, 6) is 0.465. The second-order valence-electron chi connectivity index (χ2n) is 14.6. The van der Waals surface area contributed by atoms with E-state index in [1.54, 1.807) is 31.4 Å². The van der Waals surface area contributed by atoms with E-state index in [9.17, 15) is 19.8 Å². The Balaban J connectivity index is 1.56. The molecule has 52 heavy (non-hydrogen) atoms. The Morgan fingerprint density at radius 1 is 1.08 bits per heavy atom. The van der Waals surface area contributed by atoms with Crippen molar-refractivity contribution in [2.24, 2.45) is 28.8 Å².